The molecule has 0 bridgehead atoms. The van der Waals surface area contributed by atoms with E-state index in [1.807, 2.05) is 58.8 Å². The summed E-state index contributed by atoms with van der Waals surface area (Å²) in [4.78, 5) is 16.8. The number of hydrogen-bond donors (Lipinski definition) is 1. The smallest absolute Gasteiger partial charge is 0.410 e. The van der Waals surface area contributed by atoms with Crippen molar-refractivity contribution >= 4 is 21.7 Å². The van der Waals surface area contributed by atoms with Gasteiger partial charge in [0.1, 0.15) is 11.8 Å². The summed E-state index contributed by atoms with van der Waals surface area (Å²) in [6.07, 6.45) is 2.11. The molecule has 2 aromatic carbocycles. The number of carbonyl (C=O) groups excluding carboxylic acids is 1. The third-order valence-corrected chi connectivity index (χ3v) is 8.80. The summed E-state index contributed by atoms with van der Waals surface area (Å²) in [6, 6.07) is 11.3. The zero-order chi connectivity index (χ0) is 30.1. The van der Waals surface area contributed by atoms with Gasteiger partial charge in [-0.2, -0.15) is 4.72 Å². The Morgan fingerprint density at radius 1 is 1.17 bits per heavy atom. The van der Waals surface area contributed by atoms with Crippen LogP contribution in [0.5, 0.6) is 0 Å². The molecule has 0 aromatic heterocycles. The van der Waals surface area contributed by atoms with Gasteiger partial charge in [0.25, 0.3) is 0 Å². The number of nitrogens with one attached hydrogen (secondary N) is 1. The van der Waals surface area contributed by atoms with Gasteiger partial charge in [0, 0.05) is 26.1 Å². The van der Waals surface area contributed by atoms with Gasteiger partial charge in [-0.05, 0) is 106 Å². The van der Waals surface area contributed by atoms with Crippen LogP contribution in [0, 0.1) is 0 Å². The zero-order valence-corrected chi connectivity index (χ0v) is 26.5. The lowest BCUT2D eigenvalue weighted by Crippen LogP contribution is -2.42. The van der Waals surface area contributed by atoms with Gasteiger partial charge in [0.15, 0.2) is 0 Å². The van der Waals surface area contributed by atoms with Crippen molar-refractivity contribution in [3.05, 3.63) is 70.3 Å². The van der Waals surface area contributed by atoms with E-state index in [1.54, 1.807) is 17.0 Å². The second-order valence-electron chi connectivity index (χ2n) is 12.7. The van der Waals surface area contributed by atoms with Crippen molar-refractivity contribution in [2.45, 2.75) is 89.7 Å². The molecule has 2 aromatic rings. The van der Waals surface area contributed by atoms with E-state index >= 15 is 0 Å². The molecule has 2 aliphatic heterocycles. The Balaban J connectivity index is 1.56. The predicted molar refractivity (Wildman–Crippen MR) is 162 cm³/mol. The van der Waals surface area contributed by atoms with Crippen molar-refractivity contribution in [3.63, 3.8) is 0 Å². The van der Waals surface area contributed by atoms with Gasteiger partial charge < -0.3 is 19.3 Å². The Labute approximate surface area is 245 Å². The highest BCUT2D eigenvalue weighted by atomic mass is 32.2. The van der Waals surface area contributed by atoms with Gasteiger partial charge in [0.2, 0.25) is 10.0 Å². The lowest BCUT2D eigenvalue weighted by atomic mass is 9.84. The van der Waals surface area contributed by atoms with Gasteiger partial charge in [0.05, 0.1) is 11.0 Å². The lowest BCUT2D eigenvalue weighted by Gasteiger charge is -2.34. The van der Waals surface area contributed by atoms with Gasteiger partial charge >= 0.3 is 6.09 Å². The Morgan fingerprint density at radius 3 is 2.46 bits per heavy atom. The fourth-order valence-corrected chi connectivity index (χ4v) is 6.57. The molecule has 9 heteroatoms. The number of sulfonamides is 1. The molecule has 2 atom stereocenters. The Hall–Kier alpha value is -2.72. The molecule has 0 saturated heterocycles. The predicted octanol–water partition coefficient (Wildman–Crippen LogP) is 5.83. The van der Waals surface area contributed by atoms with Gasteiger partial charge in [-0.15, -0.1) is 0 Å². The highest BCUT2D eigenvalue weighted by molar-refractivity contribution is 7.89. The fraction of sp³-hybridized carbons (Fsp3) is 0.531. The molecular formula is C32H45N3O5S. The molecule has 0 fully saturated rings. The summed E-state index contributed by atoms with van der Waals surface area (Å²) < 4.78 is 41.2. The molecule has 41 heavy (non-hydrogen) atoms. The van der Waals surface area contributed by atoms with E-state index in [2.05, 4.69) is 36.8 Å². The van der Waals surface area contributed by atoms with E-state index in [1.165, 1.54) is 5.56 Å². The maximum absolute atomic E-state index is 13.3. The Morgan fingerprint density at radius 2 is 1.85 bits per heavy atom. The van der Waals surface area contributed by atoms with Gasteiger partial charge in [-0.1, -0.05) is 38.1 Å². The monoisotopic (exact) mass is 583 g/mol. The van der Waals surface area contributed by atoms with Crippen LogP contribution in [0.25, 0.3) is 5.57 Å². The number of fused-ring (bicyclic) bond motifs is 1. The summed E-state index contributed by atoms with van der Waals surface area (Å²) in [5.41, 5.74) is 6.00. The van der Waals surface area contributed by atoms with Crippen molar-refractivity contribution in [1.29, 1.82) is 0 Å². The van der Waals surface area contributed by atoms with E-state index in [9.17, 15) is 13.2 Å². The number of carbonyl (C=O) groups is 1. The first-order valence-electron chi connectivity index (χ1n) is 14.4. The topological polar surface area (TPSA) is 88.2 Å². The van der Waals surface area contributed by atoms with Crippen LogP contribution in [0.2, 0.25) is 0 Å². The first-order chi connectivity index (χ1) is 19.1. The van der Waals surface area contributed by atoms with E-state index in [4.69, 9.17) is 9.47 Å². The normalized spacial score (nSPS) is 19.8. The van der Waals surface area contributed by atoms with Crippen LogP contribution < -0.4 is 4.72 Å². The molecule has 224 valence electrons. The van der Waals surface area contributed by atoms with Crippen molar-refractivity contribution in [1.82, 2.24) is 14.5 Å². The standard InChI is InChI=1S/C32H45N3O5S/c1-21(2)27-16-25(24-10-9-15-35(20-24)31(36)40-32(4,5)6)17-28-22(3)39-30(18-29(27)28)33-41(37,38)26-13-11-23(12-14-26)19-34(7)8/h10-14,16-17,21-22,30,33H,9,15,18-20H2,1-8H3. The van der Waals surface area contributed by atoms with Gasteiger partial charge in [-0.25, -0.2) is 13.2 Å². The second-order valence-corrected chi connectivity index (χ2v) is 14.4. The van der Waals surface area contributed by atoms with Crippen molar-refractivity contribution in [2.24, 2.45) is 0 Å². The van der Waals surface area contributed by atoms with Crippen LogP contribution in [0.15, 0.2) is 47.4 Å². The average Bonchev–Trinajstić information content (AvgIpc) is 2.87. The lowest BCUT2D eigenvalue weighted by molar-refractivity contribution is -0.0215. The zero-order valence-electron chi connectivity index (χ0n) is 25.7. The van der Waals surface area contributed by atoms with Crippen molar-refractivity contribution in [3.8, 4) is 0 Å². The maximum Gasteiger partial charge on any atom is 0.410 e. The van der Waals surface area contributed by atoms with Crippen LogP contribution >= 0.6 is 0 Å². The third kappa shape index (κ3) is 7.77. The average molecular weight is 584 g/mol. The van der Waals surface area contributed by atoms with E-state index in [-0.39, 0.29) is 23.0 Å². The fourth-order valence-electron chi connectivity index (χ4n) is 5.45. The molecule has 0 aliphatic carbocycles. The molecule has 4 rings (SSSR count). The van der Waals surface area contributed by atoms with Crippen LogP contribution in [0.4, 0.5) is 4.79 Å². The van der Waals surface area contributed by atoms with Crippen LogP contribution in [-0.4, -0.2) is 63.3 Å². The maximum atomic E-state index is 13.3. The van der Waals surface area contributed by atoms with Crippen LogP contribution in [0.1, 0.15) is 87.8 Å². The van der Waals surface area contributed by atoms with Crippen LogP contribution in [0.3, 0.4) is 0 Å². The minimum Gasteiger partial charge on any atom is -0.444 e. The minimum absolute atomic E-state index is 0.222. The Bertz CT molecular complexity index is 1370. The molecule has 1 amide bonds. The minimum atomic E-state index is -3.76. The molecule has 2 heterocycles. The Kier molecular flexibility index (Phi) is 9.33. The number of hydrogen-bond acceptors (Lipinski definition) is 6. The summed E-state index contributed by atoms with van der Waals surface area (Å²) in [7, 11) is 0.190. The highest BCUT2D eigenvalue weighted by Crippen LogP contribution is 2.38. The van der Waals surface area contributed by atoms with E-state index < -0.39 is 21.9 Å². The summed E-state index contributed by atoms with van der Waals surface area (Å²) in [5.74, 6) is 0.224. The quantitative estimate of drug-likeness (QED) is 0.441. The van der Waals surface area contributed by atoms with E-state index in [0.717, 1.165) is 40.8 Å². The molecule has 2 aliphatic rings. The van der Waals surface area contributed by atoms with Crippen molar-refractivity contribution in [2.75, 3.05) is 27.2 Å². The third-order valence-electron chi connectivity index (χ3n) is 7.33. The number of benzene rings is 2. The van der Waals surface area contributed by atoms with Gasteiger partial charge in [-0.3, -0.25) is 0 Å². The SMILES string of the molecule is CC(C)c1cc(C2=CCCN(C(=O)OC(C)(C)C)C2)cc2c1CC(NS(=O)(=O)c1ccc(CN(C)C)cc1)OC2C. The number of ether oxygens (including phenoxy) is 2. The summed E-state index contributed by atoms with van der Waals surface area (Å²) in [6.45, 7) is 13.7. The van der Waals surface area contributed by atoms with E-state index in [0.29, 0.717) is 19.5 Å². The highest BCUT2D eigenvalue weighted by Gasteiger charge is 2.32. The summed E-state index contributed by atoms with van der Waals surface area (Å²) in [5, 5.41) is 0. The van der Waals surface area contributed by atoms with Crippen LogP contribution in [-0.2, 0) is 32.5 Å². The first kappa shape index (κ1) is 31.2. The molecular weight excluding hydrogens is 538 g/mol. The molecule has 0 radical (unpaired) electrons. The molecule has 8 nitrogen and oxygen atoms in total. The number of rotatable bonds is 7. The second kappa shape index (κ2) is 12.3. The largest absolute Gasteiger partial charge is 0.444 e. The van der Waals surface area contributed by atoms with Crippen molar-refractivity contribution < 1.29 is 22.7 Å². The molecule has 2 unspecified atom stereocenters. The number of amides is 1. The molecule has 1 N–H and O–H groups in total. The molecule has 0 saturated carbocycles. The number of nitrogens with zero attached hydrogens (tertiary/aromatic N) is 2. The molecule has 0 spiro atoms. The summed E-state index contributed by atoms with van der Waals surface area (Å²) >= 11 is 0. The first-order valence-corrected chi connectivity index (χ1v) is 15.9.